The molecule has 0 aliphatic heterocycles. The highest BCUT2D eigenvalue weighted by Crippen LogP contribution is 2.40. The van der Waals surface area contributed by atoms with E-state index in [1.807, 2.05) is 0 Å². The van der Waals surface area contributed by atoms with Gasteiger partial charge in [0.1, 0.15) is 4.90 Å². The van der Waals surface area contributed by atoms with E-state index in [9.17, 15) is 30.4 Å². The second-order valence-corrected chi connectivity index (χ2v) is 5.81. The number of pyridine rings is 1. The van der Waals surface area contributed by atoms with E-state index in [4.69, 9.17) is 16.4 Å². The molecule has 0 spiro atoms. The Balaban J connectivity index is 3.70. The minimum absolute atomic E-state index is 0.347. The molecule has 0 saturated carbocycles. The number of ether oxygens (including phenoxy) is 1. The number of hydrogen-bond acceptors (Lipinski definition) is 5. The number of rotatable bonds is 4. The van der Waals surface area contributed by atoms with E-state index >= 15 is 0 Å². The van der Waals surface area contributed by atoms with Crippen molar-refractivity contribution < 1.29 is 35.1 Å². The molecule has 5 nitrogen and oxygen atoms in total. The molecule has 0 unspecified atom stereocenters. The monoisotopic (exact) mass is 340 g/mol. The second-order valence-electron chi connectivity index (χ2n) is 3.31. The summed E-state index contributed by atoms with van der Waals surface area (Å²) in [7, 11) is 0.104. The van der Waals surface area contributed by atoms with Crippen molar-refractivity contribution in [1.82, 2.24) is 4.98 Å². The Morgan fingerprint density at radius 1 is 1.40 bits per heavy atom. The highest BCUT2D eigenvalue weighted by atomic mass is 35.7. The predicted octanol–water partition coefficient (Wildman–Crippen LogP) is 2.30. The maximum Gasteiger partial charge on any atom is 0.573 e. The molecule has 0 atom stereocenters. The minimum atomic E-state index is -5.40. The molecule has 0 saturated heterocycles. The van der Waals surface area contributed by atoms with Crippen LogP contribution in [0.1, 0.15) is 17.7 Å². The van der Waals surface area contributed by atoms with Gasteiger partial charge in [0.2, 0.25) is 0 Å². The quantitative estimate of drug-likeness (QED) is 0.672. The largest absolute Gasteiger partial charge is 0.573 e. The fraction of sp³-hybridized carbons (Fsp3) is 0.375. The van der Waals surface area contributed by atoms with Gasteiger partial charge in [-0.15, -0.1) is 13.2 Å². The van der Waals surface area contributed by atoms with Crippen LogP contribution in [0.5, 0.6) is 5.75 Å². The normalized spacial score (nSPS) is 12.8. The molecule has 0 bridgehead atoms. The zero-order chi connectivity index (χ0) is 15.7. The molecule has 0 amide bonds. The lowest BCUT2D eigenvalue weighted by molar-refractivity contribution is -0.276. The van der Waals surface area contributed by atoms with E-state index < -0.39 is 50.3 Å². The summed E-state index contributed by atoms with van der Waals surface area (Å²) in [6.07, 6.45) is -8.50. The first-order chi connectivity index (χ1) is 8.97. The molecule has 20 heavy (non-hydrogen) atoms. The van der Waals surface area contributed by atoms with Crippen molar-refractivity contribution in [3.8, 4) is 5.75 Å². The van der Waals surface area contributed by atoms with Gasteiger partial charge >= 0.3 is 6.36 Å². The van der Waals surface area contributed by atoms with Gasteiger partial charge in [0.25, 0.3) is 15.5 Å². The van der Waals surface area contributed by atoms with Gasteiger partial charge in [-0.25, -0.2) is 17.2 Å². The minimum Gasteiger partial charge on any atom is -0.404 e. The van der Waals surface area contributed by atoms with Gasteiger partial charge in [-0.1, -0.05) is 0 Å². The third kappa shape index (κ3) is 3.90. The Bertz CT molecular complexity index is 605. The van der Waals surface area contributed by atoms with E-state index in [2.05, 4.69) is 9.72 Å². The number of alkyl halides is 5. The van der Waals surface area contributed by atoms with Gasteiger partial charge in [-0.05, 0) is 0 Å². The van der Waals surface area contributed by atoms with Crippen molar-refractivity contribution in [1.29, 1.82) is 0 Å². The number of aromatic nitrogens is 1. The molecule has 1 aromatic heterocycles. The van der Waals surface area contributed by atoms with Crippen molar-refractivity contribution in [3.05, 3.63) is 17.5 Å². The molecular weight excluding hydrogens is 335 g/mol. The van der Waals surface area contributed by atoms with Crippen LogP contribution in [-0.2, 0) is 15.6 Å². The lowest BCUT2D eigenvalue weighted by Gasteiger charge is -2.17. The van der Waals surface area contributed by atoms with Gasteiger partial charge < -0.3 is 10.5 Å². The zero-order valence-electron chi connectivity index (χ0n) is 9.29. The Morgan fingerprint density at radius 2 is 1.95 bits per heavy atom. The Hall–Kier alpha value is -1.20. The van der Waals surface area contributed by atoms with E-state index in [1.165, 1.54) is 0 Å². The number of hydrogen-bond donors (Lipinski definition) is 1. The Morgan fingerprint density at radius 3 is 2.30 bits per heavy atom. The molecule has 0 radical (unpaired) electrons. The smallest absolute Gasteiger partial charge is 0.404 e. The fourth-order valence-corrected chi connectivity index (χ4v) is 2.58. The van der Waals surface area contributed by atoms with Crippen LogP contribution in [0, 0.1) is 0 Å². The van der Waals surface area contributed by atoms with Crippen LogP contribution in [0.15, 0.2) is 11.1 Å². The molecule has 1 heterocycles. The molecule has 12 heteroatoms. The van der Waals surface area contributed by atoms with Gasteiger partial charge in [0.05, 0.1) is 11.3 Å². The highest BCUT2D eigenvalue weighted by Gasteiger charge is 2.38. The van der Waals surface area contributed by atoms with Crippen molar-refractivity contribution >= 4 is 19.7 Å². The third-order valence-corrected chi connectivity index (χ3v) is 3.35. The standard InChI is InChI=1S/C8H6ClF5N2O3S/c9-20(17,18)6-4(1-15)16-2-3(7(10)11)5(6)19-8(12,13)14/h2,7H,1,15H2. The average Bonchev–Trinajstić information content (AvgIpc) is 2.23. The summed E-state index contributed by atoms with van der Waals surface area (Å²) >= 11 is 0. The van der Waals surface area contributed by atoms with Crippen molar-refractivity contribution in [3.63, 3.8) is 0 Å². The molecule has 0 aliphatic rings. The summed E-state index contributed by atoms with van der Waals surface area (Å²) in [5.74, 6) is -1.63. The van der Waals surface area contributed by atoms with Crippen molar-refractivity contribution in [2.75, 3.05) is 0 Å². The van der Waals surface area contributed by atoms with Crippen molar-refractivity contribution in [2.45, 2.75) is 24.2 Å². The summed E-state index contributed by atoms with van der Waals surface area (Å²) in [5.41, 5.74) is 3.11. The number of halogens is 6. The lowest BCUT2D eigenvalue weighted by Crippen LogP contribution is -2.21. The Kier molecular flexibility index (Phi) is 4.77. The maximum atomic E-state index is 12.7. The molecule has 1 aromatic rings. The topological polar surface area (TPSA) is 82.3 Å². The Labute approximate surface area is 113 Å². The first kappa shape index (κ1) is 16.9. The predicted molar refractivity (Wildman–Crippen MR) is 56.8 cm³/mol. The second kappa shape index (κ2) is 5.66. The SMILES string of the molecule is NCc1ncc(C(F)F)c(OC(F)(F)F)c1S(=O)(=O)Cl. The van der Waals surface area contributed by atoms with Crippen LogP contribution >= 0.6 is 10.7 Å². The molecule has 0 fully saturated rings. The van der Waals surface area contributed by atoms with E-state index in [0.29, 0.717) is 6.20 Å². The van der Waals surface area contributed by atoms with E-state index in [1.54, 1.807) is 0 Å². The van der Waals surface area contributed by atoms with Crippen LogP contribution in [0.4, 0.5) is 22.0 Å². The zero-order valence-corrected chi connectivity index (χ0v) is 10.9. The molecule has 0 aromatic carbocycles. The third-order valence-electron chi connectivity index (χ3n) is 1.98. The van der Waals surface area contributed by atoms with Gasteiger partial charge in [0, 0.05) is 23.4 Å². The van der Waals surface area contributed by atoms with Gasteiger partial charge in [-0.3, -0.25) is 4.98 Å². The van der Waals surface area contributed by atoms with Crippen LogP contribution in [0.2, 0.25) is 0 Å². The highest BCUT2D eigenvalue weighted by molar-refractivity contribution is 8.13. The molecule has 2 N–H and O–H groups in total. The van der Waals surface area contributed by atoms with Crippen LogP contribution < -0.4 is 10.5 Å². The average molecular weight is 341 g/mol. The van der Waals surface area contributed by atoms with E-state index in [-0.39, 0.29) is 0 Å². The molecular formula is C8H6ClF5N2O3S. The fourth-order valence-electron chi connectivity index (χ4n) is 1.30. The summed E-state index contributed by atoms with van der Waals surface area (Å²) < 4.78 is 87.9. The van der Waals surface area contributed by atoms with Gasteiger partial charge in [-0.2, -0.15) is 0 Å². The van der Waals surface area contributed by atoms with Crippen LogP contribution in [0.25, 0.3) is 0 Å². The number of nitrogens with zero attached hydrogens (tertiary/aromatic N) is 1. The van der Waals surface area contributed by atoms with Crippen LogP contribution in [0.3, 0.4) is 0 Å². The first-order valence-corrected chi connectivity index (χ1v) is 6.98. The molecule has 1 rings (SSSR count). The lowest BCUT2D eigenvalue weighted by atomic mass is 10.2. The van der Waals surface area contributed by atoms with Crippen LogP contribution in [-0.4, -0.2) is 19.8 Å². The summed E-state index contributed by atoms with van der Waals surface area (Å²) in [6.45, 7) is -0.640. The first-order valence-electron chi connectivity index (χ1n) is 4.67. The molecule has 114 valence electrons. The summed E-state index contributed by atoms with van der Waals surface area (Å²) in [5, 5.41) is 0. The maximum absolute atomic E-state index is 12.7. The summed E-state index contributed by atoms with van der Waals surface area (Å²) in [4.78, 5) is 1.94. The van der Waals surface area contributed by atoms with E-state index in [0.717, 1.165) is 0 Å². The van der Waals surface area contributed by atoms with Crippen molar-refractivity contribution in [2.24, 2.45) is 5.73 Å². The summed E-state index contributed by atoms with van der Waals surface area (Å²) in [6, 6.07) is 0. The number of nitrogens with two attached hydrogens (primary N) is 1. The van der Waals surface area contributed by atoms with Gasteiger partial charge in [0.15, 0.2) is 5.75 Å². The molecule has 0 aliphatic carbocycles.